The summed E-state index contributed by atoms with van der Waals surface area (Å²) >= 11 is 0. The zero-order valence-corrected chi connectivity index (χ0v) is 10.5. The van der Waals surface area contributed by atoms with Gasteiger partial charge in [0.25, 0.3) is 0 Å². The summed E-state index contributed by atoms with van der Waals surface area (Å²) in [5.74, 6) is 0.706. The molecule has 0 unspecified atom stereocenters. The lowest BCUT2D eigenvalue weighted by atomic mass is 10.1. The Hall–Kier alpha value is -0.760. The van der Waals surface area contributed by atoms with Gasteiger partial charge < -0.3 is 10.3 Å². The Labute approximate surface area is 93.5 Å². The van der Waals surface area contributed by atoms with Gasteiger partial charge >= 0.3 is 0 Å². The Balaban J connectivity index is 2.83. The van der Waals surface area contributed by atoms with Gasteiger partial charge in [0.05, 0.1) is 0 Å². The molecule has 1 rings (SSSR count). The molecule has 0 aliphatic heterocycles. The van der Waals surface area contributed by atoms with Crippen molar-refractivity contribution in [2.75, 3.05) is 6.54 Å². The third kappa shape index (κ3) is 3.10. The minimum Gasteiger partial charge on any atom is -0.349 e. The number of nitrogens with two attached hydrogens (primary N) is 1. The quantitative estimate of drug-likeness (QED) is 0.792. The molecule has 0 fully saturated rings. The van der Waals surface area contributed by atoms with E-state index in [0.717, 1.165) is 25.9 Å². The first kappa shape index (κ1) is 12.3. The highest BCUT2D eigenvalue weighted by atomic mass is 15.0. The molecule has 2 heteroatoms. The lowest BCUT2D eigenvalue weighted by Gasteiger charge is -2.12. The van der Waals surface area contributed by atoms with Gasteiger partial charge in [-0.1, -0.05) is 13.8 Å². The van der Waals surface area contributed by atoms with E-state index in [0.29, 0.717) is 5.92 Å². The first-order valence-corrected chi connectivity index (χ1v) is 5.92. The van der Waals surface area contributed by atoms with E-state index in [1.165, 1.54) is 17.0 Å². The lowest BCUT2D eigenvalue weighted by Crippen LogP contribution is -2.08. The molecule has 1 aromatic rings. The second-order valence-corrected chi connectivity index (χ2v) is 4.79. The van der Waals surface area contributed by atoms with E-state index in [-0.39, 0.29) is 0 Å². The highest BCUT2D eigenvalue weighted by Crippen LogP contribution is 2.18. The van der Waals surface area contributed by atoms with Crippen LogP contribution in [0.15, 0.2) is 6.07 Å². The standard InChI is InChI=1S/C13H24N2/c1-10(2)9-15-11(3)8-13(12(15)4)6-5-7-14/h8,10H,5-7,9,14H2,1-4H3. The largest absolute Gasteiger partial charge is 0.349 e. The lowest BCUT2D eigenvalue weighted by molar-refractivity contribution is 0.508. The Morgan fingerprint density at radius 1 is 1.33 bits per heavy atom. The van der Waals surface area contributed by atoms with Crippen LogP contribution in [0.5, 0.6) is 0 Å². The molecule has 0 bridgehead atoms. The predicted octanol–water partition coefficient (Wildman–Crippen LogP) is 2.65. The average molecular weight is 208 g/mol. The summed E-state index contributed by atoms with van der Waals surface area (Å²) in [5.41, 5.74) is 9.82. The maximum absolute atomic E-state index is 5.55. The van der Waals surface area contributed by atoms with Crippen molar-refractivity contribution in [2.24, 2.45) is 11.7 Å². The Kier molecular flexibility index (Phi) is 4.40. The van der Waals surface area contributed by atoms with Crippen LogP contribution in [-0.4, -0.2) is 11.1 Å². The topological polar surface area (TPSA) is 30.9 Å². The van der Waals surface area contributed by atoms with Gasteiger partial charge in [0, 0.05) is 17.9 Å². The maximum Gasteiger partial charge on any atom is 0.0247 e. The van der Waals surface area contributed by atoms with Crippen LogP contribution >= 0.6 is 0 Å². The van der Waals surface area contributed by atoms with E-state index < -0.39 is 0 Å². The van der Waals surface area contributed by atoms with Crippen LogP contribution in [0.4, 0.5) is 0 Å². The zero-order valence-electron chi connectivity index (χ0n) is 10.5. The molecule has 0 spiro atoms. The zero-order chi connectivity index (χ0) is 11.4. The first-order chi connectivity index (χ1) is 7.06. The number of hydrogen-bond acceptors (Lipinski definition) is 1. The SMILES string of the molecule is Cc1cc(CCCN)c(C)n1CC(C)C. The van der Waals surface area contributed by atoms with Crippen molar-refractivity contribution in [3.63, 3.8) is 0 Å². The van der Waals surface area contributed by atoms with Gasteiger partial charge in [-0.3, -0.25) is 0 Å². The van der Waals surface area contributed by atoms with E-state index in [2.05, 4.69) is 38.3 Å². The van der Waals surface area contributed by atoms with Crippen LogP contribution < -0.4 is 5.73 Å². The second kappa shape index (κ2) is 5.36. The minimum atomic E-state index is 0.706. The Bertz CT molecular complexity index is 311. The molecule has 2 nitrogen and oxygen atoms in total. The number of aromatic nitrogens is 1. The monoisotopic (exact) mass is 208 g/mol. The van der Waals surface area contributed by atoms with Crippen LogP contribution in [0.1, 0.15) is 37.2 Å². The fourth-order valence-electron chi connectivity index (χ4n) is 2.06. The molecule has 0 aliphatic rings. The molecule has 2 N–H and O–H groups in total. The Morgan fingerprint density at radius 2 is 2.00 bits per heavy atom. The van der Waals surface area contributed by atoms with Gasteiger partial charge in [-0.25, -0.2) is 0 Å². The average Bonchev–Trinajstić information content (AvgIpc) is 2.42. The number of hydrogen-bond donors (Lipinski definition) is 1. The number of nitrogens with zero attached hydrogens (tertiary/aromatic N) is 1. The molecule has 0 radical (unpaired) electrons. The third-order valence-corrected chi connectivity index (χ3v) is 2.88. The molecular formula is C13H24N2. The van der Waals surface area contributed by atoms with E-state index >= 15 is 0 Å². The molecule has 1 aromatic heterocycles. The normalized spacial score (nSPS) is 11.3. The molecule has 0 atom stereocenters. The summed E-state index contributed by atoms with van der Waals surface area (Å²) in [4.78, 5) is 0. The number of rotatable bonds is 5. The van der Waals surface area contributed by atoms with Crippen molar-refractivity contribution in [3.8, 4) is 0 Å². The van der Waals surface area contributed by atoms with Crippen molar-refractivity contribution in [3.05, 3.63) is 23.0 Å². The van der Waals surface area contributed by atoms with E-state index in [1.807, 2.05) is 0 Å². The summed E-state index contributed by atoms with van der Waals surface area (Å²) in [7, 11) is 0. The maximum atomic E-state index is 5.55. The molecule has 0 amide bonds. The van der Waals surface area contributed by atoms with Crippen LogP contribution in [0, 0.1) is 19.8 Å². The van der Waals surface area contributed by atoms with Crippen LogP contribution in [0.3, 0.4) is 0 Å². The fourth-order valence-corrected chi connectivity index (χ4v) is 2.06. The highest BCUT2D eigenvalue weighted by Gasteiger charge is 2.09. The summed E-state index contributed by atoms with van der Waals surface area (Å²) in [6.07, 6.45) is 2.21. The van der Waals surface area contributed by atoms with Gasteiger partial charge in [0.15, 0.2) is 0 Å². The Morgan fingerprint density at radius 3 is 2.53 bits per heavy atom. The van der Waals surface area contributed by atoms with Crippen LogP contribution in [0.2, 0.25) is 0 Å². The van der Waals surface area contributed by atoms with Gasteiger partial charge in [0.1, 0.15) is 0 Å². The molecule has 0 saturated carbocycles. The van der Waals surface area contributed by atoms with Gasteiger partial charge in [-0.05, 0) is 50.8 Å². The first-order valence-electron chi connectivity index (χ1n) is 5.92. The van der Waals surface area contributed by atoms with Crippen molar-refractivity contribution in [2.45, 2.75) is 47.1 Å². The van der Waals surface area contributed by atoms with Crippen LogP contribution in [-0.2, 0) is 13.0 Å². The van der Waals surface area contributed by atoms with Crippen molar-refractivity contribution in [1.29, 1.82) is 0 Å². The molecule has 86 valence electrons. The molecule has 0 aromatic carbocycles. The van der Waals surface area contributed by atoms with E-state index in [4.69, 9.17) is 5.73 Å². The summed E-state index contributed by atoms with van der Waals surface area (Å²) in [6.45, 7) is 10.9. The third-order valence-electron chi connectivity index (χ3n) is 2.88. The molecule has 15 heavy (non-hydrogen) atoms. The molecule has 0 aliphatic carbocycles. The van der Waals surface area contributed by atoms with Gasteiger partial charge in [-0.15, -0.1) is 0 Å². The van der Waals surface area contributed by atoms with Crippen molar-refractivity contribution < 1.29 is 0 Å². The summed E-state index contributed by atoms with van der Waals surface area (Å²) < 4.78 is 2.43. The van der Waals surface area contributed by atoms with E-state index in [1.54, 1.807) is 0 Å². The summed E-state index contributed by atoms with van der Waals surface area (Å²) in [6, 6.07) is 2.31. The molecule has 1 heterocycles. The second-order valence-electron chi connectivity index (χ2n) is 4.79. The predicted molar refractivity (Wildman–Crippen MR) is 66.1 cm³/mol. The summed E-state index contributed by atoms with van der Waals surface area (Å²) in [5, 5.41) is 0. The van der Waals surface area contributed by atoms with Crippen molar-refractivity contribution >= 4 is 0 Å². The minimum absolute atomic E-state index is 0.706. The number of aryl methyl sites for hydroxylation is 2. The molecular weight excluding hydrogens is 184 g/mol. The fraction of sp³-hybridized carbons (Fsp3) is 0.692. The highest BCUT2D eigenvalue weighted by molar-refractivity contribution is 5.26. The van der Waals surface area contributed by atoms with Gasteiger partial charge in [0.2, 0.25) is 0 Å². The van der Waals surface area contributed by atoms with Gasteiger partial charge in [-0.2, -0.15) is 0 Å². The smallest absolute Gasteiger partial charge is 0.0247 e. The van der Waals surface area contributed by atoms with Crippen molar-refractivity contribution in [1.82, 2.24) is 4.57 Å². The van der Waals surface area contributed by atoms with E-state index in [9.17, 15) is 0 Å². The molecule has 0 saturated heterocycles. The van der Waals surface area contributed by atoms with Crippen LogP contribution in [0.25, 0.3) is 0 Å².